The van der Waals surface area contributed by atoms with Crippen LogP contribution in [0, 0.1) is 6.92 Å². The van der Waals surface area contributed by atoms with Crippen molar-refractivity contribution < 1.29 is 13.6 Å². The molecule has 0 bridgehead atoms. The van der Waals surface area contributed by atoms with Gasteiger partial charge in [-0.05, 0) is 54.4 Å². The van der Waals surface area contributed by atoms with Crippen LogP contribution in [0.3, 0.4) is 0 Å². The van der Waals surface area contributed by atoms with Crippen molar-refractivity contribution in [3.05, 3.63) is 45.6 Å². The van der Waals surface area contributed by atoms with Crippen molar-refractivity contribution in [2.24, 2.45) is 0 Å². The van der Waals surface area contributed by atoms with Crippen molar-refractivity contribution in [3.63, 3.8) is 0 Å². The van der Waals surface area contributed by atoms with Gasteiger partial charge in [0.25, 0.3) is 5.91 Å². The van der Waals surface area contributed by atoms with Crippen LogP contribution in [0.1, 0.15) is 15.3 Å². The Bertz CT molecular complexity index is 762. The summed E-state index contributed by atoms with van der Waals surface area (Å²) in [5.74, 6) is -0.208. The molecule has 0 aliphatic carbocycles. The zero-order valence-electron chi connectivity index (χ0n) is 10.5. The van der Waals surface area contributed by atoms with E-state index in [9.17, 15) is 13.6 Å². The Hall–Kier alpha value is -1.76. The summed E-state index contributed by atoms with van der Waals surface area (Å²) in [5, 5.41) is 2.74. The Balaban J connectivity index is 2.10. The number of rotatable bonds is 2. The fraction of sp³-hybridized carbons (Fsp3) is 0.0714. The third kappa shape index (κ3) is 2.33. The van der Waals surface area contributed by atoms with Gasteiger partial charge in [-0.1, -0.05) is 0 Å². The van der Waals surface area contributed by atoms with E-state index in [1.165, 1.54) is 12.1 Å². The van der Waals surface area contributed by atoms with Gasteiger partial charge in [-0.3, -0.25) is 9.00 Å². The predicted molar refractivity (Wildman–Crippen MR) is 79.2 cm³/mol. The first-order chi connectivity index (χ1) is 9.54. The van der Waals surface area contributed by atoms with E-state index in [0.717, 1.165) is 9.75 Å². The summed E-state index contributed by atoms with van der Waals surface area (Å²) in [6.07, 6.45) is 1.79. The molecular formula is C14H10NO3S2-. The molecule has 102 valence electrons. The second-order valence-corrected chi connectivity index (χ2v) is 6.66. The molecule has 0 spiro atoms. The minimum absolute atomic E-state index is 0.175. The number of aryl methyl sites for hydroxylation is 1. The molecule has 4 nitrogen and oxygen atoms in total. The minimum Gasteiger partial charge on any atom is -0.768 e. The van der Waals surface area contributed by atoms with Crippen LogP contribution >= 0.6 is 11.3 Å². The third-order valence-corrected chi connectivity index (χ3v) is 4.60. The van der Waals surface area contributed by atoms with Crippen molar-refractivity contribution in [3.8, 4) is 0 Å². The van der Waals surface area contributed by atoms with Gasteiger partial charge in [0.2, 0.25) is 0 Å². The summed E-state index contributed by atoms with van der Waals surface area (Å²) in [6.45, 7) is 1.99. The lowest BCUT2D eigenvalue weighted by molar-refractivity contribution is -0.110. The standard InChI is InChI=1S/C14H11NO3S2/c1-8-2-3-9(19-8)6-12-11-7-10(20(17)18)4-5-13(11)15-14(12)16/h2-7H,1H3,(H,15,16)(H,17,18)/p-1. The normalized spacial score (nSPS) is 17.1. The second-order valence-electron chi connectivity index (χ2n) is 4.40. The number of hydrogen-bond donors (Lipinski definition) is 1. The number of anilines is 1. The second kappa shape index (κ2) is 4.97. The van der Waals surface area contributed by atoms with Crippen molar-refractivity contribution >= 4 is 45.7 Å². The topological polar surface area (TPSA) is 69.2 Å². The highest BCUT2D eigenvalue weighted by atomic mass is 32.2. The zero-order chi connectivity index (χ0) is 14.3. The van der Waals surface area contributed by atoms with Crippen molar-refractivity contribution in [2.75, 3.05) is 5.32 Å². The van der Waals surface area contributed by atoms with Gasteiger partial charge < -0.3 is 9.87 Å². The molecule has 0 radical (unpaired) electrons. The molecule has 3 rings (SSSR count). The number of carbonyl (C=O) groups excluding carboxylic acids is 1. The van der Waals surface area contributed by atoms with Gasteiger partial charge in [0.15, 0.2) is 0 Å². The molecule has 2 heterocycles. The van der Waals surface area contributed by atoms with E-state index in [0.29, 0.717) is 16.8 Å². The first-order valence-corrected chi connectivity index (χ1v) is 7.77. The largest absolute Gasteiger partial charge is 0.768 e. The molecule has 2 aromatic rings. The molecule has 1 aromatic heterocycles. The quantitative estimate of drug-likeness (QED) is 0.685. The maximum atomic E-state index is 12.0. The molecule has 20 heavy (non-hydrogen) atoms. The van der Waals surface area contributed by atoms with Gasteiger partial charge in [-0.2, -0.15) is 0 Å². The summed E-state index contributed by atoms with van der Waals surface area (Å²) in [6, 6.07) is 8.52. The van der Waals surface area contributed by atoms with Gasteiger partial charge in [-0.25, -0.2) is 0 Å². The molecule has 1 aliphatic rings. The Morgan fingerprint density at radius 1 is 1.30 bits per heavy atom. The number of nitrogens with one attached hydrogen (secondary N) is 1. The molecule has 6 heteroatoms. The fourth-order valence-corrected chi connectivity index (χ4v) is 3.30. The maximum absolute atomic E-state index is 12.0. The van der Waals surface area contributed by atoms with Gasteiger partial charge in [0, 0.05) is 25.9 Å². The summed E-state index contributed by atoms with van der Waals surface area (Å²) < 4.78 is 22.1. The van der Waals surface area contributed by atoms with E-state index >= 15 is 0 Å². The number of amides is 1. The number of benzene rings is 1. The van der Waals surface area contributed by atoms with Crippen LogP contribution in [-0.2, 0) is 15.9 Å². The Labute approximate surface area is 122 Å². The SMILES string of the molecule is Cc1ccc(C=C2C(=O)Nc3ccc(S(=O)[O-])cc32)s1. The average molecular weight is 304 g/mol. The van der Waals surface area contributed by atoms with Crippen molar-refractivity contribution in [1.29, 1.82) is 0 Å². The highest BCUT2D eigenvalue weighted by Crippen LogP contribution is 2.35. The first kappa shape index (κ1) is 13.2. The van der Waals surface area contributed by atoms with Crippen LogP contribution in [0.15, 0.2) is 35.2 Å². The molecule has 1 aromatic carbocycles. The molecule has 1 atom stereocenters. The molecule has 0 saturated heterocycles. The molecule has 1 unspecified atom stereocenters. The highest BCUT2D eigenvalue weighted by molar-refractivity contribution is 7.79. The lowest BCUT2D eigenvalue weighted by Crippen LogP contribution is -2.03. The lowest BCUT2D eigenvalue weighted by Gasteiger charge is -2.06. The van der Waals surface area contributed by atoms with Crippen LogP contribution in [0.2, 0.25) is 0 Å². The molecule has 1 aliphatic heterocycles. The monoisotopic (exact) mass is 304 g/mol. The van der Waals surface area contributed by atoms with E-state index in [2.05, 4.69) is 5.32 Å². The van der Waals surface area contributed by atoms with E-state index in [1.807, 2.05) is 19.1 Å². The van der Waals surface area contributed by atoms with Crippen LogP contribution < -0.4 is 5.32 Å². The Kier molecular flexibility index (Phi) is 3.29. The molecule has 0 fully saturated rings. The van der Waals surface area contributed by atoms with Crippen LogP contribution in [0.5, 0.6) is 0 Å². The van der Waals surface area contributed by atoms with E-state index < -0.39 is 11.1 Å². The van der Waals surface area contributed by atoms with Gasteiger partial charge in [0.05, 0.1) is 5.57 Å². The highest BCUT2D eigenvalue weighted by Gasteiger charge is 2.24. The number of fused-ring (bicyclic) bond motifs is 1. The number of carbonyl (C=O) groups is 1. The summed E-state index contributed by atoms with van der Waals surface area (Å²) >= 11 is -0.720. The Morgan fingerprint density at radius 2 is 2.10 bits per heavy atom. The lowest BCUT2D eigenvalue weighted by atomic mass is 10.1. The average Bonchev–Trinajstić information content (AvgIpc) is 2.94. The first-order valence-electron chi connectivity index (χ1n) is 5.88. The molecule has 1 amide bonds. The van der Waals surface area contributed by atoms with E-state index in [-0.39, 0.29) is 10.8 Å². The summed E-state index contributed by atoms with van der Waals surface area (Å²) in [5.41, 5.74) is 1.76. The fourth-order valence-electron chi connectivity index (χ4n) is 2.09. The smallest absolute Gasteiger partial charge is 0.256 e. The number of thiophene rings is 1. The zero-order valence-corrected chi connectivity index (χ0v) is 12.1. The molecular weight excluding hydrogens is 294 g/mol. The van der Waals surface area contributed by atoms with E-state index in [1.54, 1.807) is 23.5 Å². The van der Waals surface area contributed by atoms with Gasteiger partial charge >= 0.3 is 0 Å². The third-order valence-electron chi connectivity index (χ3n) is 3.01. The van der Waals surface area contributed by atoms with Crippen molar-refractivity contribution in [2.45, 2.75) is 11.8 Å². The van der Waals surface area contributed by atoms with Gasteiger partial charge in [0.1, 0.15) is 0 Å². The molecule has 1 N–H and O–H groups in total. The maximum Gasteiger partial charge on any atom is 0.256 e. The van der Waals surface area contributed by atoms with Crippen LogP contribution in [0.4, 0.5) is 5.69 Å². The van der Waals surface area contributed by atoms with Crippen molar-refractivity contribution in [1.82, 2.24) is 0 Å². The number of hydrogen-bond acceptors (Lipinski definition) is 4. The van der Waals surface area contributed by atoms with Gasteiger partial charge in [-0.15, -0.1) is 11.3 Å². The summed E-state index contributed by atoms with van der Waals surface area (Å²) in [7, 11) is 0. The van der Waals surface area contributed by atoms with E-state index in [4.69, 9.17) is 0 Å². The minimum atomic E-state index is -2.30. The van der Waals surface area contributed by atoms with Crippen LogP contribution in [-0.4, -0.2) is 14.7 Å². The molecule has 0 saturated carbocycles. The Morgan fingerprint density at radius 3 is 2.75 bits per heavy atom. The van der Waals surface area contributed by atoms with Crippen LogP contribution in [0.25, 0.3) is 11.6 Å². The summed E-state index contributed by atoms with van der Waals surface area (Å²) in [4.78, 5) is 14.3. The predicted octanol–water partition coefficient (Wildman–Crippen LogP) is 2.79.